The van der Waals surface area contributed by atoms with E-state index in [0.717, 1.165) is 22.3 Å². The average molecular weight is 807 g/mol. The lowest BCUT2D eigenvalue weighted by Crippen LogP contribution is -2.67. The number of imidazole rings is 1. The Morgan fingerprint density at radius 2 is 1.10 bits per heavy atom. The third-order valence-electron chi connectivity index (χ3n) is 11.9. The second-order valence-electron chi connectivity index (χ2n) is 16.5. The Hall–Kier alpha value is -6.23. The molecular formula is C51H50N6O2Si. The summed E-state index contributed by atoms with van der Waals surface area (Å²) in [6, 6.07) is 64.3. The predicted molar refractivity (Wildman–Crippen MR) is 243 cm³/mol. The fraction of sp³-hybridized carbons (Fsp3) is 0.196. The first kappa shape index (κ1) is 39.2. The minimum absolute atomic E-state index is 0.221. The molecule has 60 heavy (non-hydrogen) atoms. The number of nitrogens with zero attached hydrogens (tertiary/aromatic N) is 5. The summed E-state index contributed by atoms with van der Waals surface area (Å²) in [6.45, 7) is 8.35. The Labute approximate surface area is 353 Å². The van der Waals surface area contributed by atoms with E-state index in [1.807, 2.05) is 18.2 Å². The molecule has 6 aromatic carbocycles. The minimum atomic E-state index is -2.95. The van der Waals surface area contributed by atoms with Crippen molar-refractivity contribution in [2.45, 2.75) is 43.7 Å². The lowest BCUT2D eigenvalue weighted by molar-refractivity contribution is -0.145. The SMILES string of the molecule is CC(C)(C)[Si](OC[C@@H]1CN(C(c2ccccc2)(c2ccccc2)c2ccccc2)C[C@H](n2c(-c3ccccc3)nc3c(N)ncnc32)O1)(c1ccccc1)c1ccccc1. The van der Waals surface area contributed by atoms with Gasteiger partial charge in [-0.25, -0.2) is 15.0 Å². The van der Waals surface area contributed by atoms with Crippen LogP contribution in [0, 0.1) is 0 Å². The summed E-state index contributed by atoms with van der Waals surface area (Å²) in [4.78, 5) is 16.9. The molecule has 2 aromatic heterocycles. The van der Waals surface area contributed by atoms with Gasteiger partial charge in [0.15, 0.2) is 23.2 Å². The Balaban J connectivity index is 1.26. The highest BCUT2D eigenvalue weighted by Gasteiger charge is 2.52. The molecule has 8 aromatic rings. The van der Waals surface area contributed by atoms with Crippen molar-refractivity contribution in [2.24, 2.45) is 0 Å². The van der Waals surface area contributed by atoms with Crippen LogP contribution in [0.3, 0.4) is 0 Å². The molecule has 0 radical (unpaired) electrons. The van der Waals surface area contributed by atoms with Crippen molar-refractivity contribution in [3.05, 3.63) is 205 Å². The lowest BCUT2D eigenvalue weighted by atomic mass is 9.75. The quantitative estimate of drug-likeness (QED) is 0.103. The highest BCUT2D eigenvalue weighted by atomic mass is 28.4. The summed E-state index contributed by atoms with van der Waals surface area (Å²) in [5.41, 5.74) is 11.4. The summed E-state index contributed by atoms with van der Waals surface area (Å²) < 4.78 is 17.2. The third kappa shape index (κ3) is 6.93. The fourth-order valence-electron chi connectivity index (χ4n) is 9.38. The average Bonchev–Trinajstić information content (AvgIpc) is 3.70. The molecule has 0 unspecified atom stereocenters. The van der Waals surface area contributed by atoms with E-state index in [1.165, 1.54) is 16.7 Å². The molecule has 0 spiro atoms. The minimum Gasteiger partial charge on any atom is -0.405 e. The van der Waals surface area contributed by atoms with Gasteiger partial charge in [-0.3, -0.25) is 9.47 Å². The standard InChI is InChI=1S/C51H50N6O2Si/c1-50(2,3)60(43-30-18-8-19-31-43,44-32-20-9-21-33-44)58-36-42-34-56(51(39-24-12-5-13-25-39,40-26-14-6-15-27-40)41-28-16-7-17-29-41)35-45(59-42)57-48(38-22-10-4-11-23-38)55-46-47(52)53-37-54-49(46)57/h4-33,37,42,45H,34-36H2,1-3H3,(H2,52,53,54)/t42-,45+/m0/s1. The Kier molecular flexibility index (Phi) is 10.7. The van der Waals surface area contributed by atoms with Crippen LogP contribution >= 0.6 is 0 Å². The number of benzene rings is 6. The van der Waals surface area contributed by atoms with Gasteiger partial charge < -0.3 is 14.9 Å². The van der Waals surface area contributed by atoms with Gasteiger partial charge in [-0.2, -0.15) is 0 Å². The molecule has 1 saturated heterocycles. The van der Waals surface area contributed by atoms with Crippen LogP contribution in [-0.4, -0.2) is 58.5 Å². The number of hydrogen-bond acceptors (Lipinski definition) is 7. The van der Waals surface area contributed by atoms with E-state index in [0.29, 0.717) is 42.5 Å². The van der Waals surface area contributed by atoms with Gasteiger partial charge in [-0.1, -0.05) is 203 Å². The van der Waals surface area contributed by atoms with Crippen LogP contribution in [0.2, 0.25) is 5.04 Å². The van der Waals surface area contributed by atoms with Crippen molar-refractivity contribution in [1.29, 1.82) is 0 Å². The lowest BCUT2D eigenvalue weighted by Gasteiger charge is -2.51. The van der Waals surface area contributed by atoms with E-state index in [1.54, 1.807) is 0 Å². The molecular weight excluding hydrogens is 757 g/mol. The number of ether oxygens (including phenoxy) is 1. The van der Waals surface area contributed by atoms with Crippen LogP contribution in [0.4, 0.5) is 5.82 Å². The Morgan fingerprint density at radius 1 is 0.633 bits per heavy atom. The number of morpholine rings is 1. The molecule has 9 heteroatoms. The van der Waals surface area contributed by atoms with Crippen LogP contribution < -0.4 is 16.1 Å². The summed E-state index contributed by atoms with van der Waals surface area (Å²) in [6.07, 6.45) is 0.564. The third-order valence-corrected chi connectivity index (χ3v) is 16.9. The topological polar surface area (TPSA) is 91.3 Å². The number of anilines is 1. The number of fused-ring (bicyclic) bond motifs is 1. The van der Waals surface area contributed by atoms with E-state index in [4.69, 9.17) is 24.9 Å². The maximum atomic E-state index is 7.69. The van der Waals surface area contributed by atoms with Gasteiger partial charge in [-0.05, 0) is 32.1 Å². The number of rotatable bonds is 11. The van der Waals surface area contributed by atoms with Gasteiger partial charge in [0.25, 0.3) is 8.32 Å². The molecule has 9 rings (SSSR count). The Bertz CT molecular complexity index is 2510. The van der Waals surface area contributed by atoms with Crippen LogP contribution in [0.15, 0.2) is 188 Å². The maximum absolute atomic E-state index is 7.69. The molecule has 1 aliphatic heterocycles. The van der Waals surface area contributed by atoms with Crippen molar-refractivity contribution in [2.75, 3.05) is 25.4 Å². The summed E-state index contributed by atoms with van der Waals surface area (Å²) in [5.74, 6) is 1.03. The molecule has 0 bridgehead atoms. The molecule has 300 valence electrons. The van der Waals surface area contributed by atoms with Crippen molar-refractivity contribution in [3.63, 3.8) is 0 Å². The smallest absolute Gasteiger partial charge is 0.261 e. The van der Waals surface area contributed by atoms with Gasteiger partial charge >= 0.3 is 0 Å². The summed E-state index contributed by atoms with van der Waals surface area (Å²) in [5, 5.41) is 2.22. The van der Waals surface area contributed by atoms with Crippen LogP contribution in [0.25, 0.3) is 22.6 Å². The monoisotopic (exact) mass is 806 g/mol. The van der Waals surface area contributed by atoms with Gasteiger partial charge in [-0.15, -0.1) is 0 Å². The number of aromatic nitrogens is 4. The van der Waals surface area contributed by atoms with Crippen molar-refractivity contribution >= 4 is 35.7 Å². The maximum Gasteiger partial charge on any atom is 0.261 e. The molecule has 2 N–H and O–H groups in total. The van der Waals surface area contributed by atoms with Gasteiger partial charge in [0.05, 0.1) is 18.2 Å². The molecule has 0 amide bonds. The van der Waals surface area contributed by atoms with Crippen LogP contribution in [0.5, 0.6) is 0 Å². The summed E-state index contributed by atoms with van der Waals surface area (Å²) >= 11 is 0. The first-order valence-electron chi connectivity index (χ1n) is 20.7. The fourth-order valence-corrected chi connectivity index (χ4v) is 14.0. The first-order valence-corrected chi connectivity index (χ1v) is 22.6. The highest BCUT2D eigenvalue weighted by molar-refractivity contribution is 6.99. The molecule has 0 aliphatic carbocycles. The zero-order valence-corrected chi connectivity index (χ0v) is 35.3. The van der Waals surface area contributed by atoms with Crippen molar-refractivity contribution in [1.82, 2.24) is 24.4 Å². The second kappa shape index (κ2) is 16.4. The highest BCUT2D eigenvalue weighted by Crippen LogP contribution is 2.46. The number of nitrogens with two attached hydrogens (primary N) is 1. The van der Waals surface area contributed by atoms with Gasteiger partial charge in [0, 0.05) is 18.7 Å². The molecule has 1 aliphatic rings. The van der Waals surface area contributed by atoms with Crippen LogP contribution in [-0.2, 0) is 14.7 Å². The van der Waals surface area contributed by atoms with E-state index < -0.39 is 20.1 Å². The predicted octanol–water partition coefficient (Wildman–Crippen LogP) is 8.84. The second-order valence-corrected chi connectivity index (χ2v) is 20.8. The zero-order chi connectivity index (χ0) is 41.2. The van der Waals surface area contributed by atoms with E-state index in [-0.39, 0.29) is 11.1 Å². The van der Waals surface area contributed by atoms with E-state index >= 15 is 0 Å². The zero-order valence-electron chi connectivity index (χ0n) is 34.3. The molecule has 2 atom stereocenters. The van der Waals surface area contributed by atoms with Gasteiger partial charge in [0.1, 0.15) is 12.2 Å². The first-order chi connectivity index (χ1) is 29.3. The van der Waals surface area contributed by atoms with Crippen molar-refractivity contribution in [3.8, 4) is 11.4 Å². The Morgan fingerprint density at radius 3 is 1.58 bits per heavy atom. The van der Waals surface area contributed by atoms with E-state index in [2.05, 4.69) is 199 Å². The molecule has 8 nitrogen and oxygen atoms in total. The largest absolute Gasteiger partial charge is 0.405 e. The molecule has 1 fully saturated rings. The van der Waals surface area contributed by atoms with E-state index in [9.17, 15) is 0 Å². The number of nitrogen functional groups attached to an aromatic ring is 1. The summed E-state index contributed by atoms with van der Waals surface area (Å²) in [7, 11) is -2.95. The van der Waals surface area contributed by atoms with Crippen LogP contribution in [0.1, 0.15) is 43.7 Å². The molecule has 0 saturated carbocycles. The van der Waals surface area contributed by atoms with Crippen molar-refractivity contribution < 1.29 is 9.16 Å². The molecule has 3 heterocycles. The number of hydrogen-bond donors (Lipinski definition) is 1. The van der Waals surface area contributed by atoms with Gasteiger partial charge in [0.2, 0.25) is 0 Å². The normalized spacial score (nSPS) is 16.5.